The zero-order valence-corrected chi connectivity index (χ0v) is 15.5. The van der Waals surface area contributed by atoms with Crippen LogP contribution in [0.2, 0.25) is 0 Å². The maximum absolute atomic E-state index is 12.1. The van der Waals surface area contributed by atoms with Crippen molar-refractivity contribution in [1.29, 1.82) is 0 Å². The van der Waals surface area contributed by atoms with Crippen molar-refractivity contribution in [3.05, 3.63) is 69.3 Å². The van der Waals surface area contributed by atoms with Gasteiger partial charge in [-0.1, -0.05) is 23.8 Å². The Balaban J connectivity index is 1.58. The van der Waals surface area contributed by atoms with E-state index in [1.165, 1.54) is 10.7 Å². The van der Waals surface area contributed by atoms with Gasteiger partial charge in [0.25, 0.3) is 5.56 Å². The maximum Gasteiger partial charge on any atom is 0.319 e. The van der Waals surface area contributed by atoms with Gasteiger partial charge in [-0.05, 0) is 43.0 Å². The van der Waals surface area contributed by atoms with Crippen molar-refractivity contribution in [1.82, 2.24) is 15.1 Å². The molecule has 2 N–H and O–H groups in total. The lowest BCUT2D eigenvalue weighted by Crippen LogP contribution is -2.34. The van der Waals surface area contributed by atoms with E-state index in [4.69, 9.17) is 0 Å². The molecule has 26 heavy (non-hydrogen) atoms. The van der Waals surface area contributed by atoms with Crippen LogP contribution >= 0.6 is 11.3 Å². The molecule has 2 heterocycles. The number of hydrogen-bond donors (Lipinski definition) is 2. The van der Waals surface area contributed by atoms with Gasteiger partial charge < -0.3 is 10.6 Å². The van der Waals surface area contributed by atoms with Crippen LogP contribution in [0.15, 0.2) is 52.6 Å². The summed E-state index contributed by atoms with van der Waals surface area (Å²) in [5.41, 5.74) is 3.47. The molecule has 1 aromatic carbocycles. The first-order valence-electron chi connectivity index (χ1n) is 8.27. The number of amides is 2. The number of thiophene rings is 1. The molecular weight excluding hydrogens is 348 g/mol. The summed E-state index contributed by atoms with van der Waals surface area (Å²) in [5.74, 6) is 0. The van der Waals surface area contributed by atoms with Crippen molar-refractivity contribution in [2.24, 2.45) is 0 Å². The molecule has 3 rings (SSSR count). The Morgan fingerprint density at radius 1 is 1.19 bits per heavy atom. The predicted octanol–water partition coefficient (Wildman–Crippen LogP) is 3.41. The summed E-state index contributed by atoms with van der Waals surface area (Å²) in [5, 5.41) is 11.9. The minimum Gasteiger partial charge on any atom is -0.336 e. The first kappa shape index (κ1) is 17.9. The van der Waals surface area contributed by atoms with Crippen LogP contribution < -0.4 is 16.2 Å². The van der Waals surface area contributed by atoms with E-state index in [9.17, 15) is 9.59 Å². The molecule has 0 radical (unpaired) electrons. The Labute approximate surface area is 155 Å². The second kappa shape index (κ2) is 7.97. The molecule has 0 aliphatic carbocycles. The summed E-state index contributed by atoms with van der Waals surface area (Å²) in [6.07, 6.45) is 0. The normalized spacial score (nSPS) is 10.5. The molecule has 6 nitrogen and oxygen atoms in total. The van der Waals surface area contributed by atoms with Crippen LogP contribution in [0.25, 0.3) is 10.6 Å². The fourth-order valence-electron chi connectivity index (χ4n) is 2.56. The van der Waals surface area contributed by atoms with Crippen molar-refractivity contribution in [2.75, 3.05) is 11.9 Å². The molecule has 3 aromatic rings. The van der Waals surface area contributed by atoms with Gasteiger partial charge in [0.2, 0.25) is 0 Å². The minimum atomic E-state index is -0.306. The third-order valence-corrected chi connectivity index (χ3v) is 4.77. The third-order valence-electron chi connectivity index (χ3n) is 3.88. The number of aryl methyl sites for hydroxylation is 2. The molecule has 0 aliphatic heterocycles. The Hall–Kier alpha value is -2.93. The highest BCUT2D eigenvalue weighted by Crippen LogP contribution is 2.21. The maximum atomic E-state index is 12.1. The average Bonchev–Trinajstić information content (AvgIpc) is 3.14. The lowest BCUT2D eigenvalue weighted by molar-refractivity contribution is 0.251. The summed E-state index contributed by atoms with van der Waals surface area (Å²) in [6.45, 7) is 4.56. The molecule has 2 amide bonds. The number of rotatable bonds is 5. The summed E-state index contributed by atoms with van der Waals surface area (Å²) in [7, 11) is 0. The minimum absolute atomic E-state index is 0.193. The SMILES string of the molecule is Cc1ccc(NC(=O)NCCn2nc(-c3cccs3)ccc2=O)c(C)c1. The highest BCUT2D eigenvalue weighted by atomic mass is 32.1. The number of nitrogens with one attached hydrogen (secondary N) is 2. The summed E-state index contributed by atoms with van der Waals surface area (Å²) in [4.78, 5) is 25.0. The third kappa shape index (κ3) is 4.37. The predicted molar refractivity (Wildman–Crippen MR) is 105 cm³/mol. The lowest BCUT2D eigenvalue weighted by atomic mass is 10.1. The number of carbonyl (C=O) groups is 1. The second-order valence-electron chi connectivity index (χ2n) is 5.96. The molecule has 0 aliphatic rings. The topological polar surface area (TPSA) is 76.0 Å². The van der Waals surface area contributed by atoms with Crippen molar-refractivity contribution < 1.29 is 4.79 Å². The van der Waals surface area contributed by atoms with Crippen LogP contribution in [0.1, 0.15) is 11.1 Å². The van der Waals surface area contributed by atoms with Crippen molar-refractivity contribution in [3.8, 4) is 10.6 Å². The highest BCUT2D eigenvalue weighted by molar-refractivity contribution is 7.13. The van der Waals surface area contributed by atoms with Crippen LogP contribution in [0, 0.1) is 13.8 Å². The van der Waals surface area contributed by atoms with Gasteiger partial charge in [0.15, 0.2) is 0 Å². The second-order valence-corrected chi connectivity index (χ2v) is 6.90. The van der Waals surface area contributed by atoms with E-state index >= 15 is 0 Å². The number of benzene rings is 1. The quantitative estimate of drug-likeness (QED) is 0.725. The summed E-state index contributed by atoms with van der Waals surface area (Å²) < 4.78 is 1.37. The van der Waals surface area contributed by atoms with Gasteiger partial charge in [-0.2, -0.15) is 5.10 Å². The van der Waals surface area contributed by atoms with E-state index < -0.39 is 0 Å². The van der Waals surface area contributed by atoms with E-state index in [1.807, 2.05) is 49.6 Å². The molecule has 0 atom stereocenters. The Bertz CT molecular complexity index is 964. The highest BCUT2D eigenvalue weighted by Gasteiger charge is 2.06. The van der Waals surface area contributed by atoms with Crippen LogP contribution in [-0.4, -0.2) is 22.4 Å². The van der Waals surface area contributed by atoms with Crippen LogP contribution in [0.4, 0.5) is 10.5 Å². The number of hydrogen-bond acceptors (Lipinski definition) is 4. The van der Waals surface area contributed by atoms with Gasteiger partial charge in [-0.25, -0.2) is 9.48 Å². The van der Waals surface area contributed by atoms with Crippen molar-refractivity contribution in [2.45, 2.75) is 20.4 Å². The summed E-state index contributed by atoms with van der Waals surface area (Å²) in [6, 6.07) is 12.6. The molecule has 0 bridgehead atoms. The van der Waals surface area contributed by atoms with E-state index in [2.05, 4.69) is 15.7 Å². The molecule has 7 heteroatoms. The van der Waals surface area contributed by atoms with Gasteiger partial charge >= 0.3 is 6.03 Å². The molecule has 134 valence electrons. The molecule has 0 fully saturated rings. The zero-order chi connectivity index (χ0) is 18.5. The standard InChI is InChI=1S/C19H20N4O2S/c1-13-5-6-15(14(2)12-13)21-19(25)20-9-10-23-18(24)8-7-16(22-23)17-4-3-11-26-17/h3-8,11-12H,9-10H2,1-2H3,(H2,20,21,25). The Kier molecular flexibility index (Phi) is 5.48. The number of nitrogens with zero attached hydrogens (tertiary/aromatic N) is 2. The first-order chi connectivity index (χ1) is 12.5. The first-order valence-corrected chi connectivity index (χ1v) is 9.15. The average molecular weight is 368 g/mol. The smallest absolute Gasteiger partial charge is 0.319 e. The van der Waals surface area contributed by atoms with Gasteiger partial charge in [0.1, 0.15) is 5.69 Å². The number of anilines is 1. The van der Waals surface area contributed by atoms with E-state index in [0.717, 1.165) is 27.4 Å². The van der Waals surface area contributed by atoms with Crippen LogP contribution in [0.3, 0.4) is 0 Å². The van der Waals surface area contributed by atoms with E-state index in [1.54, 1.807) is 17.4 Å². The van der Waals surface area contributed by atoms with Crippen molar-refractivity contribution >= 4 is 23.1 Å². The number of carbonyl (C=O) groups excluding carboxylic acids is 1. The molecule has 2 aromatic heterocycles. The van der Waals surface area contributed by atoms with Gasteiger partial charge in [0.05, 0.1) is 11.4 Å². The molecule has 0 saturated carbocycles. The molecule has 0 saturated heterocycles. The fourth-order valence-corrected chi connectivity index (χ4v) is 3.25. The lowest BCUT2D eigenvalue weighted by Gasteiger charge is -2.11. The molecule has 0 unspecified atom stereocenters. The fraction of sp³-hybridized carbons (Fsp3) is 0.211. The monoisotopic (exact) mass is 368 g/mol. The van der Waals surface area contributed by atoms with Gasteiger partial charge in [0, 0.05) is 18.3 Å². The van der Waals surface area contributed by atoms with Gasteiger partial charge in [-0.15, -0.1) is 11.3 Å². The zero-order valence-electron chi connectivity index (χ0n) is 14.7. The molecular formula is C19H20N4O2S. The molecule has 0 spiro atoms. The Morgan fingerprint density at radius 3 is 2.77 bits per heavy atom. The largest absolute Gasteiger partial charge is 0.336 e. The van der Waals surface area contributed by atoms with E-state index in [0.29, 0.717) is 13.1 Å². The Morgan fingerprint density at radius 2 is 2.04 bits per heavy atom. The summed E-state index contributed by atoms with van der Waals surface area (Å²) >= 11 is 1.57. The van der Waals surface area contributed by atoms with E-state index in [-0.39, 0.29) is 11.6 Å². The number of aromatic nitrogens is 2. The van der Waals surface area contributed by atoms with Gasteiger partial charge in [-0.3, -0.25) is 4.79 Å². The number of urea groups is 1. The van der Waals surface area contributed by atoms with Crippen LogP contribution in [-0.2, 0) is 6.54 Å². The van der Waals surface area contributed by atoms with Crippen LogP contribution in [0.5, 0.6) is 0 Å². The van der Waals surface area contributed by atoms with Crippen molar-refractivity contribution in [3.63, 3.8) is 0 Å².